The lowest BCUT2D eigenvalue weighted by atomic mass is 9.88. The molecule has 0 aromatic carbocycles. The van der Waals surface area contributed by atoms with Gasteiger partial charge in [-0.1, -0.05) is 13.3 Å². The molecule has 2 N–H and O–H groups in total. The molecule has 3 atom stereocenters. The highest BCUT2D eigenvalue weighted by molar-refractivity contribution is 6.01. The van der Waals surface area contributed by atoms with Crippen LogP contribution >= 0.6 is 0 Å². The number of amides is 1. The number of aryl methyl sites for hydroxylation is 2. The quantitative estimate of drug-likeness (QED) is 0.909. The van der Waals surface area contributed by atoms with Gasteiger partial charge in [-0.05, 0) is 37.5 Å². The number of nitrogens with one attached hydrogen (secondary N) is 2. The van der Waals surface area contributed by atoms with Crippen molar-refractivity contribution >= 4 is 22.8 Å². The van der Waals surface area contributed by atoms with Gasteiger partial charge in [0.1, 0.15) is 5.82 Å². The van der Waals surface area contributed by atoms with Crippen LogP contribution in [-0.4, -0.2) is 25.9 Å². The van der Waals surface area contributed by atoms with Gasteiger partial charge in [-0.2, -0.15) is 10.2 Å². The maximum absolute atomic E-state index is 12.6. The Morgan fingerprint density at radius 2 is 2.29 bits per heavy atom. The molecule has 0 saturated heterocycles. The van der Waals surface area contributed by atoms with Crippen molar-refractivity contribution in [2.24, 2.45) is 24.8 Å². The number of carbonyl (C=O) groups excluding carboxylic acids is 1. The molecule has 2 heterocycles. The van der Waals surface area contributed by atoms with Gasteiger partial charge in [-0.3, -0.25) is 9.89 Å². The van der Waals surface area contributed by atoms with Crippen LogP contribution in [0, 0.1) is 17.8 Å². The Kier molecular flexibility index (Phi) is 2.80. The van der Waals surface area contributed by atoms with Crippen molar-refractivity contribution in [1.29, 1.82) is 0 Å². The van der Waals surface area contributed by atoms with Crippen molar-refractivity contribution in [2.75, 3.05) is 5.32 Å². The van der Waals surface area contributed by atoms with E-state index in [-0.39, 0.29) is 11.8 Å². The summed E-state index contributed by atoms with van der Waals surface area (Å²) in [4.78, 5) is 12.6. The van der Waals surface area contributed by atoms with Gasteiger partial charge in [0.15, 0.2) is 5.65 Å². The SMILES string of the molecule is CCc1nn(C)c2n[nH]c(NC(=O)C3CC4CCC3C4)c12. The summed E-state index contributed by atoms with van der Waals surface area (Å²) >= 11 is 0. The first-order chi connectivity index (χ1) is 10.2. The van der Waals surface area contributed by atoms with Crippen LogP contribution < -0.4 is 5.32 Å². The van der Waals surface area contributed by atoms with E-state index < -0.39 is 0 Å². The lowest BCUT2D eigenvalue weighted by molar-refractivity contribution is -0.121. The Balaban J connectivity index is 1.61. The fraction of sp³-hybridized carbons (Fsp3) is 0.667. The molecule has 6 nitrogen and oxygen atoms in total. The first-order valence-electron chi connectivity index (χ1n) is 7.88. The van der Waals surface area contributed by atoms with Gasteiger partial charge in [-0.25, -0.2) is 4.68 Å². The Labute approximate surface area is 123 Å². The zero-order valence-corrected chi connectivity index (χ0v) is 12.5. The fourth-order valence-electron chi connectivity index (χ4n) is 4.24. The first kappa shape index (κ1) is 12.9. The number of rotatable bonds is 3. The summed E-state index contributed by atoms with van der Waals surface area (Å²) in [5.41, 5.74) is 1.78. The van der Waals surface area contributed by atoms with Crippen molar-refractivity contribution in [3.05, 3.63) is 5.69 Å². The van der Waals surface area contributed by atoms with Crippen molar-refractivity contribution in [3.8, 4) is 0 Å². The number of nitrogens with zero attached hydrogens (tertiary/aromatic N) is 3. The van der Waals surface area contributed by atoms with Gasteiger partial charge in [-0.15, -0.1) is 0 Å². The highest BCUT2D eigenvalue weighted by Crippen LogP contribution is 2.48. The molecule has 0 radical (unpaired) electrons. The number of H-pyrrole nitrogens is 1. The monoisotopic (exact) mass is 287 g/mol. The topological polar surface area (TPSA) is 75.6 Å². The Bertz CT molecular complexity index is 700. The maximum atomic E-state index is 12.6. The number of anilines is 1. The van der Waals surface area contributed by atoms with E-state index in [9.17, 15) is 4.79 Å². The molecule has 112 valence electrons. The van der Waals surface area contributed by atoms with E-state index in [1.165, 1.54) is 19.3 Å². The number of hydrogen-bond donors (Lipinski definition) is 2. The molecule has 2 fully saturated rings. The summed E-state index contributed by atoms with van der Waals surface area (Å²) in [5.74, 6) is 2.41. The van der Waals surface area contributed by atoms with Crippen LogP contribution in [0.3, 0.4) is 0 Å². The van der Waals surface area contributed by atoms with Crippen LogP contribution in [0.5, 0.6) is 0 Å². The maximum Gasteiger partial charge on any atom is 0.228 e. The van der Waals surface area contributed by atoms with E-state index in [1.807, 2.05) is 7.05 Å². The van der Waals surface area contributed by atoms with Gasteiger partial charge in [0, 0.05) is 13.0 Å². The number of carbonyl (C=O) groups is 1. The average Bonchev–Trinajstić information content (AvgIpc) is 3.22. The molecular formula is C15H21N5O. The Hall–Kier alpha value is -1.85. The fourth-order valence-corrected chi connectivity index (χ4v) is 4.24. The molecule has 2 aromatic rings. The van der Waals surface area contributed by atoms with Crippen LogP contribution in [0.15, 0.2) is 0 Å². The van der Waals surface area contributed by atoms with Gasteiger partial charge in [0.25, 0.3) is 0 Å². The van der Waals surface area contributed by atoms with Crippen molar-refractivity contribution in [2.45, 2.75) is 39.0 Å². The minimum Gasteiger partial charge on any atom is -0.310 e. The largest absolute Gasteiger partial charge is 0.310 e. The Morgan fingerprint density at radius 3 is 2.95 bits per heavy atom. The molecule has 4 rings (SSSR count). The van der Waals surface area contributed by atoms with Gasteiger partial charge in [0.2, 0.25) is 5.91 Å². The third-order valence-electron chi connectivity index (χ3n) is 5.27. The summed E-state index contributed by atoms with van der Waals surface area (Å²) < 4.78 is 1.76. The standard InChI is InChI=1S/C15H21N5O/c1-3-11-12-13(17-18-14(12)20(2)19-11)16-15(21)10-7-8-4-5-9(10)6-8/h8-10H,3-7H2,1-2H3,(H2,16,17,18,21). The third kappa shape index (κ3) is 1.88. The highest BCUT2D eigenvalue weighted by atomic mass is 16.2. The van der Waals surface area contributed by atoms with Crippen molar-refractivity contribution in [1.82, 2.24) is 20.0 Å². The van der Waals surface area contributed by atoms with E-state index in [0.717, 1.165) is 35.5 Å². The second-order valence-corrected chi connectivity index (χ2v) is 6.49. The van der Waals surface area contributed by atoms with Crippen LogP contribution in [0.4, 0.5) is 5.82 Å². The van der Waals surface area contributed by atoms with Crippen LogP contribution in [0.25, 0.3) is 11.0 Å². The minimum atomic E-state index is 0.152. The van der Waals surface area contributed by atoms with Gasteiger partial charge < -0.3 is 5.32 Å². The molecule has 2 aliphatic rings. The van der Waals surface area contributed by atoms with E-state index >= 15 is 0 Å². The highest BCUT2D eigenvalue weighted by Gasteiger charge is 2.43. The average molecular weight is 287 g/mol. The van der Waals surface area contributed by atoms with E-state index in [2.05, 4.69) is 27.5 Å². The van der Waals surface area contributed by atoms with E-state index in [0.29, 0.717) is 11.7 Å². The first-order valence-corrected chi connectivity index (χ1v) is 7.88. The zero-order valence-electron chi connectivity index (χ0n) is 12.5. The summed E-state index contributed by atoms with van der Waals surface area (Å²) in [5, 5.41) is 15.7. The minimum absolute atomic E-state index is 0.152. The van der Waals surface area contributed by atoms with Crippen molar-refractivity contribution < 1.29 is 4.79 Å². The predicted octanol–water partition coefficient (Wildman–Crippen LogP) is 2.23. The molecule has 0 spiro atoms. The molecule has 2 aliphatic carbocycles. The summed E-state index contributed by atoms with van der Waals surface area (Å²) in [6.45, 7) is 2.07. The third-order valence-corrected chi connectivity index (χ3v) is 5.27. The number of aromatic amines is 1. The lowest BCUT2D eigenvalue weighted by Crippen LogP contribution is -2.27. The molecule has 1 amide bonds. The molecule has 21 heavy (non-hydrogen) atoms. The van der Waals surface area contributed by atoms with Gasteiger partial charge >= 0.3 is 0 Å². The normalized spacial score (nSPS) is 27.6. The summed E-state index contributed by atoms with van der Waals surface area (Å²) in [7, 11) is 1.88. The van der Waals surface area contributed by atoms with Crippen LogP contribution in [0.1, 0.15) is 38.3 Å². The van der Waals surface area contributed by atoms with Crippen molar-refractivity contribution in [3.63, 3.8) is 0 Å². The summed E-state index contributed by atoms with van der Waals surface area (Å²) in [6, 6.07) is 0. The molecule has 2 aromatic heterocycles. The van der Waals surface area contributed by atoms with Crippen LogP contribution in [-0.2, 0) is 18.3 Å². The smallest absolute Gasteiger partial charge is 0.228 e. The predicted molar refractivity (Wildman–Crippen MR) is 79.8 cm³/mol. The molecular weight excluding hydrogens is 266 g/mol. The summed E-state index contributed by atoms with van der Waals surface area (Å²) in [6.07, 6.45) is 5.65. The second kappa shape index (κ2) is 4.58. The molecule has 2 bridgehead atoms. The van der Waals surface area contributed by atoms with Crippen LogP contribution in [0.2, 0.25) is 0 Å². The number of fused-ring (bicyclic) bond motifs is 3. The number of aromatic nitrogens is 4. The van der Waals surface area contributed by atoms with Gasteiger partial charge in [0.05, 0.1) is 11.1 Å². The lowest BCUT2D eigenvalue weighted by Gasteiger charge is -2.20. The molecule has 2 saturated carbocycles. The molecule has 3 unspecified atom stereocenters. The Morgan fingerprint density at radius 1 is 1.43 bits per heavy atom. The van der Waals surface area contributed by atoms with E-state index in [1.54, 1.807) is 4.68 Å². The molecule has 6 heteroatoms. The molecule has 0 aliphatic heterocycles. The van der Waals surface area contributed by atoms with E-state index in [4.69, 9.17) is 0 Å². The number of hydrogen-bond acceptors (Lipinski definition) is 3. The zero-order chi connectivity index (χ0) is 14.6. The second-order valence-electron chi connectivity index (χ2n) is 6.49.